The van der Waals surface area contributed by atoms with Crippen molar-refractivity contribution >= 4 is 39.1 Å². The van der Waals surface area contributed by atoms with Crippen molar-refractivity contribution in [3.63, 3.8) is 0 Å². The Hall–Kier alpha value is -3.05. The first-order valence-corrected chi connectivity index (χ1v) is 13.6. The quantitative estimate of drug-likeness (QED) is 0.402. The van der Waals surface area contributed by atoms with Crippen molar-refractivity contribution in [3.05, 3.63) is 55.0 Å². The molecule has 188 valence electrons. The number of nitrogens with one attached hydrogen (secondary N) is 1. The van der Waals surface area contributed by atoms with Crippen LogP contribution in [-0.2, 0) is 11.3 Å². The first-order chi connectivity index (χ1) is 17.6. The van der Waals surface area contributed by atoms with Gasteiger partial charge in [-0.15, -0.1) is 0 Å². The van der Waals surface area contributed by atoms with Gasteiger partial charge < -0.3 is 9.80 Å². The van der Waals surface area contributed by atoms with E-state index in [1.54, 1.807) is 0 Å². The van der Waals surface area contributed by atoms with Crippen LogP contribution in [0, 0.1) is 0 Å². The fraction of sp³-hybridized carbons (Fsp3) is 0.385. The first-order valence-electron chi connectivity index (χ1n) is 12.5. The Kier molecular flexibility index (Phi) is 6.34. The lowest BCUT2D eigenvalue weighted by molar-refractivity contribution is 0.0982. The first kappa shape index (κ1) is 23.4. The number of hydrogen-bond acceptors (Lipinski definition) is 6. The minimum Gasteiger partial charge on any atom is -0.369 e. The number of hydrogen-bond donors (Lipinski definition) is 2. The van der Waals surface area contributed by atoms with Crippen LogP contribution < -0.4 is 9.62 Å². The van der Waals surface area contributed by atoms with Gasteiger partial charge in [-0.25, -0.2) is 13.7 Å². The number of aromatic nitrogens is 3. The molecule has 0 aliphatic carbocycles. The molecule has 0 saturated carbocycles. The summed E-state index contributed by atoms with van der Waals surface area (Å²) in [5.74, 6) is 0. The minimum absolute atomic E-state index is 0.613. The summed E-state index contributed by atoms with van der Waals surface area (Å²) >= 11 is -2.14. The second-order valence-electron chi connectivity index (χ2n) is 9.75. The molecule has 36 heavy (non-hydrogen) atoms. The van der Waals surface area contributed by atoms with Crippen LogP contribution in [0.3, 0.4) is 0 Å². The number of anilines is 2. The van der Waals surface area contributed by atoms with E-state index >= 15 is 0 Å². The van der Waals surface area contributed by atoms with Gasteiger partial charge in [-0.05, 0) is 36.9 Å². The molecule has 2 N–H and O–H groups in total. The van der Waals surface area contributed by atoms with Crippen LogP contribution in [0.4, 0.5) is 11.4 Å². The van der Waals surface area contributed by atoms with Gasteiger partial charge >= 0.3 is 0 Å². The van der Waals surface area contributed by atoms with Crippen LogP contribution in [0.15, 0.2) is 55.0 Å². The van der Waals surface area contributed by atoms with Crippen LogP contribution >= 0.6 is 0 Å². The largest absolute Gasteiger partial charge is 0.369 e. The molecular formula is C26H31N7O2S. The number of piperazine rings is 1. The number of benzene rings is 2. The normalized spacial score (nSPS) is 19.2. The van der Waals surface area contributed by atoms with Gasteiger partial charge in [-0.2, -0.15) is 5.10 Å². The van der Waals surface area contributed by atoms with E-state index in [-0.39, 0.29) is 0 Å². The van der Waals surface area contributed by atoms with Crippen molar-refractivity contribution in [2.45, 2.75) is 18.9 Å². The predicted molar refractivity (Wildman–Crippen MR) is 145 cm³/mol. The van der Waals surface area contributed by atoms with Crippen molar-refractivity contribution in [2.75, 3.05) is 55.9 Å². The Labute approximate surface area is 213 Å². The summed E-state index contributed by atoms with van der Waals surface area (Å²) in [5.41, 5.74) is 4.43. The summed E-state index contributed by atoms with van der Waals surface area (Å²) in [6, 6.07) is 12.3. The Balaban J connectivity index is 1.24. The molecule has 10 heteroatoms. The van der Waals surface area contributed by atoms with Gasteiger partial charge in [0.1, 0.15) is 0 Å². The SMILES string of the molecule is CN1CCN(C2CCN(c3cnc4c(-c5ccc(NS(=O)O)c6ccccc56)cnn4c3)CC2)CC1. The van der Waals surface area contributed by atoms with E-state index in [2.05, 4.69) is 37.8 Å². The summed E-state index contributed by atoms with van der Waals surface area (Å²) in [5, 5.41) is 6.48. The maximum Gasteiger partial charge on any atom is 0.259 e. The molecule has 6 rings (SSSR count). The van der Waals surface area contributed by atoms with E-state index in [0.717, 1.165) is 59.4 Å². The highest BCUT2D eigenvalue weighted by Gasteiger charge is 2.27. The van der Waals surface area contributed by atoms with Gasteiger partial charge in [0.25, 0.3) is 11.3 Å². The standard InChI is InChI=1S/C26H31N7O2S/c1-30-12-14-32(15-13-30)19-8-10-31(11-9-19)20-16-27-26-24(17-28-33(26)18-20)22-6-7-25(29-36(34)35)23-5-3-2-4-21(22)23/h2-7,16-19,29H,8-15H2,1H3,(H,34,35). The number of nitrogens with zero attached hydrogens (tertiary/aromatic N) is 6. The zero-order valence-electron chi connectivity index (χ0n) is 20.4. The zero-order valence-corrected chi connectivity index (χ0v) is 21.2. The molecule has 0 radical (unpaired) electrons. The average Bonchev–Trinajstić information content (AvgIpc) is 3.32. The minimum atomic E-state index is -2.14. The van der Waals surface area contributed by atoms with Crippen molar-refractivity contribution in [3.8, 4) is 11.1 Å². The van der Waals surface area contributed by atoms with Crippen molar-refractivity contribution < 1.29 is 8.76 Å². The van der Waals surface area contributed by atoms with E-state index in [4.69, 9.17) is 4.98 Å². The molecule has 1 unspecified atom stereocenters. The van der Waals surface area contributed by atoms with E-state index < -0.39 is 11.3 Å². The summed E-state index contributed by atoms with van der Waals surface area (Å²) in [7, 11) is 2.21. The molecule has 0 amide bonds. The average molecular weight is 506 g/mol. The molecule has 2 saturated heterocycles. The molecule has 2 aliphatic rings. The molecule has 4 aromatic rings. The number of piperidine rings is 1. The maximum atomic E-state index is 11.3. The van der Waals surface area contributed by atoms with Gasteiger partial charge in [-0.3, -0.25) is 14.2 Å². The summed E-state index contributed by atoms with van der Waals surface area (Å²) in [6.07, 6.45) is 8.25. The van der Waals surface area contributed by atoms with Crippen LogP contribution in [0.25, 0.3) is 27.5 Å². The lowest BCUT2D eigenvalue weighted by atomic mass is 9.99. The van der Waals surface area contributed by atoms with Crippen LogP contribution in [0.1, 0.15) is 12.8 Å². The molecule has 2 fully saturated rings. The second kappa shape index (κ2) is 9.78. The molecule has 2 aromatic carbocycles. The second-order valence-corrected chi connectivity index (χ2v) is 10.5. The Bertz CT molecular complexity index is 1410. The van der Waals surface area contributed by atoms with Gasteiger partial charge in [-0.1, -0.05) is 30.3 Å². The zero-order chi connectivity index (χ0) is 24.6. The molecule has 9 nitrogen and oxygen atoms in total. The highest BCUT2D eigenvalue weighted by molar-refractivity contribution is 7.80. The van der Waals surface area contributed by atoms with Crippen molar-refractivity contribution in [1.29, 1.82) is 0 Å². The Morgan fingerprint density at radius 3 is 2.44 bits per heavy atom. The molecule has 0 spiro atoms. The highest BCUT2D eigenvalue weighted by atomic mass is 32.2. The Morgan fingerprint density at radius 1 is 0.944 bits per heavy atom. The smallest absolute Gasteiger partial charge is 0.259 e. The molecule has 2 aromatic heterocycles. The van der Waals surface area contributed by atoms with Crippen molar-refractivity contribution in [2.24, 2.45) is 0 Å². The van der Waals surface area contributed by atoms with E-state index in [1.165, 1.54) is 25.9 Å². The van der Waals surface area contributed by atoms with Gasteiger partial charge in [0.2, 0.25) is 0 Å². The fourth-order valence-corrected chi connectivity index (χ4v) is 5.98. The number of rotatable bonds is 5. The summed E-state index contributed by atoms with van der Waals surface area (Å²) in [6.45, 7) is 6.74. The van der Waals surface area contributed by atoms with Gasteiger partial charge in [0.15, 0.2) is 5.65 Å². The lowest BCUT2D eigenvalue weighted by Gasteiger charge is -2.42. The fourth-order valence-electron chi connectivity index (χ4n) is 5.61. The third-order valence-corrected chi connectivity index (χ3v) is 8.03. The summed E-state index contributed by atoms with van der Waals surface area (Å²) < 4.78 is 25.1. The molecule has 0 bridgehead atoms. The topological polar surface area (TPSA) is 89.2 Å². The van der Waals surface area contributed by atoms with E-state index in [9.17, 15) is 8.76 Å². The van der Waals surface area contributed by atoms with Crippen LogP contribution in [0.5, 0.6) is 0 Å². The lowest BCUT2D eigenvalue weighted by Crippen LogP contribution is -2.52. The van der Waals surface area contributed by atoms with E-state index in [1.807, 2.05) is 53.3 Å². The van der Waals surface area contributed by atoms with E-state index in [0.29, 0.717) is 11.7 Å². The van der Waals surface area contributed by atoms with Gasteiger partial charge in [0, 0.05) is 56.3 Å². The van der Waals surface area contributed by atoms with Crippen molar-refractivity contribution in [1.82, 2.24) is 24.4 Å². The number of likely N-dealkylation sites (N-methyl/N-ethyl adjacent to an activating group) is 1. The third-order valence-electron chi connectivity index (χ3n) is 7.64. The highest BCUT2D eigenvalue weighted by Crippen LogP contribution is 2.35. The molecular weight excluding hydrogens is 474 g/mol. The summed E-state index contributed by atoms with van der Waals surface area (Å²) in [4.78, 5) is 12.3. The molecule has 4 heterocycles. The molecule has 2 aliphatic heterocycles. The maximum absolute atomic E-state index is 11.3. The third kappa shape index (κ3) is 4.45. The number of fused-ring (bicyclic) bond motifs is 2. The Morgan fingerprint density at radius 2 is 1.69 bits per heavy atom. The monoisotopic (exact) mass is 505 g/mol. The van der Waals surface area contributed by atoms with Gasteiger partial charge in [0.05, 0.1) is 30.0 Å². The molecule has 1 atom stereocenters. The van der Waals surface area contributed by atoms with Crippen LogP contribution in [-0.4, -0.2) is 85.5 Å². The van der Waals surface area contributed by atoms with Crippen LogP contribution in [0.2, 0.25) is 0 Å². The predicted octanol–water partition coefficient (Wildman–Crippen LogP) is 3.31.